The fraction of sp³-hybridized carbons (Fsp3) is 0.308. The van der Waals surface area contributed by atoms with Gasteiger partial charge >= 0.3 is 0 Å². The minimum atomic E-state index is 0.744. The maximum atomic E-state index is 4.19. The van der Waals surface area contributed by atoms with Crippen LogP contribution in [0.3, 0.4) is 0 Å². The van der Waals surface area contributed by atoms with E-state index in [-0.39, 0.29) is 0 Å². The summed E-state index contributed by atoms with van der Waals surface area (Å²) >= 11 is 0. The monoisotopic (exact) mass is 215 g/mol. The number of para-hydroxylation sites is 1. The van der Waals surface area contributed by atoms with E-state index in [1.807, 2.05) is 6.20 Å². The lowest BCUT2D eigenvalue weighted by atomic mass is 10.1. The highest BCUT2D eigenvalue weighted by atomic mass is 15.0. The van der Waals surface area contributed by atoms with E-state index >= 15 is 0 Å². The first kappa shape index (κ1) is 10.7. The van der Waals surface area contributed by atoms with E-state index in [1.165, 1.54) is 17.7 Å². The van der Waals surface area contributed by atoms with Crippen molar-refractivity contribution in [1.29, 1.82) is 0 Å². The van der Waals surface area contributed by atoms with E-state index in [1.54, 1.807) is 6.20 Å². The second kappa shape index (κ2) is 5.35. The number of aryl methyl sites for hydroxylation is 1. The van der Waals surface area contributed by atoms with Crippen LogP contribution in [0.15, 0.2) is 36.7 Å². The van der Waals surface area contributed by atoms with Crippen molar-refractivity contribution in [2.75, 3.05) is 5.32 Å². The molecular formula is C13H17N3. The number of imidazole rings is 1. The Morgan fingerprint density at radius 1 is 1.31 bits per heavy atom. The third-order valence-corrected chi connectivity index (χ3v) is 2.54. The molecule has 0 atom stereocenters. The van der Waals surface area contributed by atoms with E-state index in [0.717, 1.165) is 18.8 Å². The molecule has 0 fully saturated rings. The van der Waals surface area contributed by atoms with Gasteiger partial charge in [0.2, 0.25) is 0 Å². The van der Waals surface area contributed by atoms with Gasteiger partial charge in [-0.25, -0.2) is 4.98 Å². The third-order valence-electron chi connectivity index (χ3n) is 2.54. The van der Waals surface area contributed by atoms with E-state index in [9.17, 15) is 0 Å². The van der Waals surface area contributed by atoms with Crippen molar-refractivity contribution >= 4 is 5.69 Å². The van der Waals surface area contributed by atoms with E-state index in [2.05, 4.69) is 46.5 Å². The van der Waals surface area contributed by atoms with Gasteiger partial charge in [-0.1, -0.05) is 31.5 Å². The van der Waals surface area contributed by atoms with Crippen LogP contribution in [-0.2, 0) is 13.0 Å². The average Bonchev–Trinajstić information content (AvgIpc) is 2.81. The average molecular weight is 215 g/mol. The largest absolute Gasteiger partial charge is 0.378 e. The molecule has 1 aromatic carbocycles. The molecule has 1 aromatic heterocycles. The number of rotatable bonds is 5. The number of hydrogen-bond donors (Lipinski definition) is 2. The van der Waals surface area contributed by atoms with Crippen LogP contribution < -0.4 is 5.32 Å². The molecule has 2 rings (SSSR count). The van der Waals surface area contributed by atoms with E-state index in [0.29, 0.717) is 0 Å². The zero-order valence-electron chi connectivity index (χ0n) is 9.53. The van der Waals surface area contributed by atoms with Gasteiger partial charge in [-0.15, -0.1) is 0 Å². The first-order valence-electron chi connectivity index (χ1n) is 5.70. The SMILES string of the molecule is CCCc1ccccc1NCc1ncc[nH]1. The Kier molecular flexibility index (Phi) is 3.59. The molecule has 0 radical (unpaired) electrons. The molecular weight excluding hydrogens is 198 g/mol. The smallest absolute Gasteiger partial charge is 0.125 e. The van der Waals surface area contributed by atoms with Crippen molar-refractivity contribution in [1.82, 2.24) is 9.97 Å². The topological polar surface area (TPSA) is 40.7 Å². The van der Waals surface area contributed by atoms with Gasteiger partial charge in [0, 0.05) is 18.1 Å². The maximum Gasteiger partial charge on any atom is 0.125 e. The van der Waals surface area contributed by atoms with Crippen LogP contribution in [0.4, 0.5) is 5.69 Å². The highest BCUT2D eigenvalue weighted by molar-refractivity contribution is 5.51. The first-order chi connectivity index (χ1) is 7.90. The zero-order valence-corrected chi connectivity index (χ0v) is 9.53. The molecule has 0 saturated heterocycles. The highest BCUT2D eigenvalue weighted by Crippen LogP contribution is 2.17. The Balaban J connectivity index is 2.03. The Labute approximate surface area is 95.9 Å². The van der Waals surface area contributed by atoms with Crippen LogP contribution in [-0.4, -0.2) is 9.97 Å². The highest BCUT2D eigenvalue weighted by Gasteiger charge is 2.00. The minimum Gasteiger partial charge on any atom is -0.378 e. The number of H-pyrrole nitrogens is 1. The van der Waals surface area contributed by atoms with Crippen LogP contribution >= 0.6 is 0 Å². The van der Waals surface area contributed by atoms with Gasteiger partial charge in [-0.3, -0.25) is 0 Å². The molecule has 1 heterocycles. The second-order valence-corrected chi connectivity index (χ2v) is 3.80. The number of hydrogen-bond acceptors (Lipinski definition) is 2. The summed E-state index contributed by atoms with van der Waals surface area (Å²) in [5.74, 6) is 0.964. The van der Waals surface area contributed by atoms with Crippen LogP contribution in [0.2, 0.25) is 0 Å². The minimum absolute atomic E-state index is 0.744. The molecule has 0 amide bonds. The Morgan fingerprint density at radius 3 is 2.94 bits per heavy atom. The predicted octanol–water partition coefficient (Wildman–Crippen LogP) is 2.97. The number of aromatic nitrogens is 2. The number of nitrogens with one attached hydrogen (secondary N) is 2. The van der Waals surface area contributed by atoms with Crippen LogP contribution in [0.25, 0.3) is 0 Å². The summed E-state index contributed by atoms with van der Waals surface area (Å²) in [5.41, 5.74) is 2.58. The van der Waals surface area contributed by atoms with Crippen molar-refractivity contribution in [3.8, 4) is 0 Å². The second-order valence-electron chi connectivity index (χ2n) is 3.80. The quantitative estimate of drug-likeness (QED) is 0.805. The Morgan fingerprint density at radius 2 is 2.19 bits per heavy atom. The van der Waals surface area contributed by atoms with Gasteiger partial charge in [-0.05, 0) is 18.1 Å². The van der Waals surface area contributed by atoms with Gasteiger partial charge in [0.1, 0.15) is 5.82 Å². The van der Waals surface area contributed by atoms with Gasteiger partial charge in [0.15, 0.2) is 0 Å². The molecule has 0 aliphatic heterocycles. The maximum absolute atomic E-state index is 4.19. The summed E-state index contributed by atoms with van der Waals surface area (Å²) in [6, 6.07) is 8.44. The van der Waals surface area contributed by atoms with Gasteiger partial charge in [-0.2, -0.15) is 0 Å². The Hall–Kier alpha value is -1.77. The molecule has 3 nitrogen and oxygen atoms in total. The fourth-order valence-electron chi connectivity index (χ4n) is 1.75. The normalized spacial score (nSPS) is 10.3. The van der Waals surface area contributed by atoms with Crippen LogP contribution in [0, 0.1) is 0 Å². The summed E-state index contributed by atoms with van der Waals surface area (Å²) in [6.45, 7) is 2.94. The third kappa shape index (κ3) is 2.63. The van der Waals surface area contributed by atoms with Crippen LogP contribution in [0.5, 0.6) is 0 Å². The molecule has 0 unspecified atom stereocenters. The fourth-order valence-corrected chi connectivity index (χ4v) is 1.75. The molecule has 2 aromatic rings. The molecule has 0 aliphatic rings. The number of benzene rings is 1. The summed E-state index contributed by atoms with van der Waals surface area (Å²) < 4.78 is 0. The van der Waals surface area contributed by atoms with Crippen LogP contribution in [0.1, 0.15) is 24.7 Å². The molecule has 16 heavy (non-hydrogen) atoms. The number of aromatic amines is 1. The van der Waals surface area contributed by atoms with Crippen molar-refractivity contribution in [3.05, 3.63) is 48.0 Å². The van der Waals surface area contributed by atoms with Crippen molar-refractivity contribution in [2.24, 2.45) is 0 Å². The molecule has 0 saturated carbocycles. The lowest BCUT2D eigenvalue weighted by Crippen LogP contribution is -2.03. The van der Waals surface area contributed by atoms with Crippen molar-refractivity contribution in [2.45, 2.75) is 26.3 Å². The van der Waals surface area contributed by atoms with Gasteiger partial charge in [0.25, 0.3) is 0 Å². The zero-order chi connectivity index (χ0) is 11.2. The molecule has 0 aliphatic carbocycles. The Bertz CT molecular complexity index is 421. The van der Waals surface area contributed by atoms with Crippen molar-refractivity contribution in [3.63, 3.8) is 0 Å². The lowest BCUT2D eigenvalue weighted by molar-refractivity contribution is 0.915. The van der Waals surface area contributed by atoms with Crippen molar-refractivity contribution < 1.29 is 0 Å². The van der Waals surface area contributed by atoms with E-state index < -0.39 is 0 Å². The standard InChI is InChI=1S/C13H17N3/c1-2-5-11-6-3-4-7-12(11)16-10-13-14-8-9-15-13/h3-4,6-9,16H,2,5,10H2,1H3,(H,14,15). The first-order valence-corrected chi connectivity index (χ1v) is 5.70. The van der Waals surface area contributed by atoms with E-state index in [4.69, 9.17) is 0 Å². The van der Waals surface area contributed by atoms with Gasteiger partial charge < -0.3 is 10.3 Å². The molecule has 0 bridgehead atoms. The molecule has 3 heteroatoms. The number of nitrogens with zero attached hydrogens (tertiary/aromatic N) is 1. The summed E-state index contributed by atoms with van der Waals surface area (Å²) in [4.78, 5) is 7.27. The van der Waals surface area contributed by atoms with Gasteiger partial charge in [0.05, 0.1) is 6.54 Å². The number of anilines is 1. The molecule has 84 valence electrons. The summed E-state index contributed by atoms with van der Waals surface area (Å²) in [6.07, 6.45) is 5.89. The predicted molar refractivity (Wildman–Crippen MR) is 66.4 cm³/mol. The lowest BCUT2D eigenvalue weighted by Gasteiger charge is -2.10. The summed E-state index contributed by atoms with van der Waals surface area (Å²) in [5, 5.41) is 3.41. The molecule has 2 N–H and O–H groups in total. The summed E-state index contributed by atoms with van der Waals surface area (Å²) in [7, 11) is 0. The molecule has 0 spiro atoms.